The molecule has 41 heavy (non-hydrogen) atoms. The fourth-order valence-corrected chi connectivity index (χ4v) is 7.65. The molecule has 1 fully saturated rings. The summed E-state index contributed by atoms with van der Waals surface area (Å²) >= 11 is 0. The van der Waals surface area contributed by atoms with E-state index in [0.717, 1.165) is 4.31 Å². The summed E-state index contributed by atoms with van der Waals surface area (Å²) in [4.78, 5) is 11.8. The number of anilines is 1. The van der Waals surface area contributed by atoms with E-state index < -0.39 is 73.4 Å². The molecule has 0 radical (unpaired) electrons. The van der Waals surface area contributed by atoms with Gasteiger partial charge in [0.1, 0.15) is 16.7 Å². The lowest BCUT2D eigenvalue weighted by Crippen LogP contribution is -2.44. The minimum atomic E-state index is -4.83. The Morgan fingerprint density at radius 2 is 1.83 bits per heavy atom. The van der Waals surface area contributed by atoms with Crippen molar-refractivity contribution in [1.29, 1.82) is 0 Å². The van der Waals surface area contributed by atoms with E-state index in [9.17, 15) is 43.6 Å². The first kappa shape index (κ1) is 31.0. The number of aryl methyl sites for hydroxylation is 1. The van der Waals surface area contributed by atoms with Crippen molar-refractivity contribution < 1.29 is 53.1 Å². The van der Waals surface area contributed by atoms with E-state index in [2.05, 4.69) is 9.84 Å². The Balaban J connectivity index is 1.67. The number of esters is 1. The van der Waals surface area contributed by atoms with Crippen LogP contribution in [0.1, 0.15) is 50.9 Å². The first-order chi connectivity index (χ1) is 18.8. The molecule has 2 heterocycles. The van der Waals surface area contributed by atoms with Crippen LogP contribution in [0.4, 0.5) is 27.6 Å². The van der Waals surface area contributed by atoms with Crippen LogP contribution >= 0.6 is 0 Å². The zero-order chi connectivity index (χ0) is 30.5. The molecule has 2 aromatic rings. The van der Waals surface area contributed by atoms with Crippen molar-refractivity contribution >= 4 is 31.5 Å². The number of benzene rings is 1. The lowest BCUT2D eigenvalue weighted by atomic mass is 10.1. The number of alkyl halides is 5. The second-order valence-corrected chi connectivity index (χ2v) is 14.7. The number of sulfonamides is 1. The Hall–Kier alpha value is -2.95. The molecule has 1 aliphatic carbocycles. The summed E-state index contributed by atoms with van der Waals surface area (Å²) in [6.45, 7) is -0.920. The standard InChI is InChI=1S/C24H28F5N3O7S2/c1-14-20(13-31(30-14)22(25)26)41(36,37)32-12-16(8-9-40(34,35)17-5-6-17)38-19-7-4-15(10-18(19)32)11-21(33)39-23(2,3)24(27,28)29/h4,7,10,13,16-17,22H,5-6,8-9,11-12H2,1-3H3/t16-/m0/s1. The van der Waals surface area contributed by atoms with Gasteiger partial charge in [-0.25, -0.2) is 21.5 Å². The summed E-state index contributed by atoms with van der Waals surface area (Å²) in [7, 11) is -7.98. The molecule has 1 saturated carbocycles. The zero-order valence-electron chi connectivity index (χ0n) is 22.2. The Kier molecular flexibility index (Phi) is 8.10. The highest BCUT2D eigenvalue weighted by molar-refractivity contribution is 7.93. The van der Waals surface area contributed by atoms with Crippen molar-refractivity contribution in [3.63, 3.8) is 0 Å². The van der Waals surface area contributed by atoms with Crippen molar-refractivity contribution in [3.8, 4) is 5.75 Å². The summed E-state index contributed by atoms with van der Waals surface area (Å²) < 4.78 is 130. The number of fused-ring (bicyclic) bond motifs is 1. The quantitative estimate of drug-likeness (QED) is 0.286. The van der Waals surface area contributed by atoms with Crippen molar-refractivity contribution in [2.75, 3.05) is 16.6 Å². The van der Waals surface area contributed by atoms with Crippen molar-refractivity contribution in [1.82, 2.24) is 9.78 Å². The highest BCUT2D eigenvalue weighted by Gasteiger charge is 2.50. The van der Waals surface area contributed by atoms with E-state index in [-0.39, 0.29) is 39.5 Å². The van der Waals surface area contributed by atoms with Crippen LogP contribution in [0.3, 0.4) is 0 Å². The van der Waals surface area contributed by atoms with E-state index in [0.29, 0.717) is 32.9 Å². The molecular formula is C24H28F5N3O7S2. The van der Waals surface area contributed by atoms with Gasteiger partial charge in [0.25, 0.3) is 10.0 Å². The molecule has 10 nitrogen and oxygen atoms in total. The predicted octanol–water partition coefficient (Wildman–Crippen LogP) is 3.94. The summed E-state index contributed by atoms with van der Waals surface area (Å²) in [5.41, 5.74) is -3.02. The van der Waals surface area contributed by atoms with Crippen LogP contribution in [-0.4, -0.2) is 68.0 Å². The monoisotopic (exact) mass is 629 g/mol. The van der Waals surface area contributed by atoms with Gasteiger partial charge in [-0.2, -0.15) is 27.1 Å². The molecule has 17 heteroatoms. The molecule has 0 bridgehead atoms. The molecule has 1 aromatic carbocycles. The normalized spacial score (nSPS) is 18.3. The van der Waals surface area contributed by atoms with Crippen LogP contribution in [-0.2, 0) is 35.8 Å². The van der Waals surface area contributed by atoms with Crippen LogP contribution in [0.5, 0.6) is 5.75 Å². The number of ether oxygens (including phenoxy) is 2. The molecule has 4 rings (SSSR count). The molecule has 1 atom stereocenters. The molecule has 0 N–H and O–H groups in total. The SMILES string of the molecule is Cc1nn(C(F)F)cc1S(=O)(=O)N1C[C@H](CCS(=O)(=O)C2CC2)Oc2ccc(CC(=O)OC(C)(C)C(F)(F)F)cc21. The van der Waals surface area contributed by atoms with Gasteiger partial charge in [-0.15, -0.1) is 0 Å². The number of rotatable bonds is 10. The average Bonchev–Trinajstić information content (AvgIpc) is 3.63. The largest absolute Gasteiger partial charge is 0.486 e. The molecule has 0 spiro atoms. The zero-order valence-corrected chi connectivity index (χ0v) is 23.8. The molecular weight excluding hydrogens is 601 g/mol. The first-order valence-corrected chi connectivity index (χ1v) is 15.6. The van der Waals surface area contributed by atoms with Crippen molar-refractivity contribution in [2.45, 2.75) is 81.0 Å². The Morgan fingerprint density at radius 3 is 2.39 bits per heavy atom. The highest BCUT2D eigenvalue weighted by atomic mass is 32.2. The third-order valence-corrected chi connectivity index (χ3v) is 10.9. The van der Waals surface area contributed by atoms with Gasteiger partial charge in [0.2, 0.25) is 5.60 Å². The third kappa shape index (κ3) is 6.60. The molecule has 0 amide bonds. The van der Waals surface area contributed by atoms with Gasteiger partial charge in [0, 0.05) is 0 Å². The number of carbonyl (C=O) groups excluding carboxylic acids is 1. The Morgan fingerprint density at radius 1 is 1.17 bits per heavy atom. The van der Waals surface area contributed by atoms with Crippen LogP contribution in [0.2, 0.25) is 0 Å². The van der Waals surface area contributed by atoms with Gasteiger partial charge >= 0.3 is 18.7 Å². The maximum Gasteiger partial charge on any atom is 0.427 e. The number of sulfone groups is 1. The van der Waals surface area contributed by atoms with Gasteiger partial charge < -0.3 is 9.47 Å². The number of aromatic nitrogens is 2. The van der Waals surface area contributed by atoms with Gasteiger partial charge in [-0.1, -0.05) is 6.07 Å². The third-order valence-electron chi connectivity index (χ3n) is 6.75. The van der Waals surface area contributed by atoms with Gasteiger partial charge in [0.15, 0.2) is 9.84 Å². The fourth-order valence-electron chi connectivity index (χ4n) is 4.22. The van der Waals surface area contributed by atoms with E-state index >= 15 is 0 Å². The smallest absolute Gasteiger partial charge is 0.427 e. The second-order valence-electron chi connectivity index (χ2n) is 10.4. The van der Waals surface area contributed by atoms with Gasteiger partial charge in [-0.05, 0) is 57.7 Å². The molecule has 1 aliphatic heterocycles. The summed E-state index contributed by atoms with van der Waals surface area (Å²) in [6, 6.07) is 3.83. The number of nitrogens with zero attached hydrogens (tertiary/aromatic N) is 3. The topological polar surface area (TPSA) is 125 Å². The van der Waals surface area contributed by atoms with Crippen molar-refractivity contribution in [2.24, 2.45) is 0 Å². The maximum absolute atomic E-state index is 13.7. The van der Waals surface area contributed by atoms with Crippen LogP contribution in [0, 0.1) is 6.92 Å². The second kappa shape index (κ2) is 10.7. The molecule has 228 valence electrons. The van der Waals surface area contributed by atoms with Crippen LogP contribution in [0.25, 0.3) is 0 Å². The maximum atomic E-state index is 13.7. The number of carbonyl (C=O) groups is 1. The Labute approximate surface area is 233 Å². The summed E-state index contributed by atoms with van der Waals surface area (Å²) in [5.74, 6) is -1.50. The number of hydrogen-bond acceptors (Lipinski definition) is 8. The minimum absolute atomic E-state index is 0.0136. The molecule has 0 saturated heterocycles. The van der Waals surface area contributed by atoms with Crippen LogP contribution in [0.15, 0.2) is 29.3 Å². The number of hydrogen-bond donors (Lipinski definition) is 0. The van der Waals surface area contributed by atoms with Crippen LogP contribution < -0.4 is 9.04 Å². The highest BCUT2D eigenvalue weighted by Crippen LogP contribution is 2.40. The van der Waals surface area contributed by atoms with E-state index in [4.69, 9.17) is 4.74 Å². The molecule has 1 aromatic heterocycles. The van der Waals surface area contributed by atoms with Crippen molar-refractivity contribution in [3.05, 3.63) is 35.7 Å². The fraction of sp³-hybridized carbons (Fsp3) is 0.583. The minimum Gasteiger partial charge on any atom is -0.486 e. The lowest BCUT2D eigenvalue weighted by Gasteiger charge is -2.35. The predicted molar refractivity (Wildman–Crippen MR) is 135 cm³/mol. The van der Waals surface area contributed by atoms with E-state index in [1.165, 1.54) is 25.1 Å². The van der Waals surface area contributed by atoms with E-state index in [1.54, 1.807) is 0 Å². The van der Waals surface area contributed by atoms with E-state index in [1.807, 2.05) is 0 Å². The first-order valence-electron chi connectivity index (χ1n) is 12.5. The lowest BCUT2D eigenvalue weighted by molar-refractivity contribution is -0.257. The molecule has 2 aliphatic rings. The molecule has 0 unspecified atom stereocenters. The van der Waals surface area contributed by atoms with Gasteiger partial charge in [-0.3, -0.25) is 9.10 Å². The number of halogens is 5. The van der Waals surface area contributed by atoms with Gasteiger partial charge in [0.05, 0.1) is 41.5 Å². The average molecular weight is 630 g/mol. The summed E-state index contributed by atoms with van der Waals surface area (Å²) in [5, 5.41) is 3.11. The summed E-state index contributed by atoms with van der Waals surface area (Å²) in [6.07, 6.45) is -4.70. The Bertz CT molecular complexity index is 1530.